The first-order valence-corrected chi connectivity index (χ1v) is 15.0. The number of hydrogen-bond donors (Lipinski definition) is 0. The molecule has 2 rings (SSSR count). The summed E-state index contributed by atoms with van der Waals surface area (Å²) in [6, 6.07) is 10.5. The second-order valence-electron chi connectivity index (χ2n) is 9.97. The van der Waals surface area contributed by atoms with Crippen molar-refractivity contribution in [2.24, 2.45) is 0 Å². The number of benzene rings is 2. The Morgan fingerprint density at radius 2 is 1.46 bits per heavy atom. The van der Waals surface area contributed by atoms with Crippen LogP contribution in [0.1, 0.15) is 105 Å². The molecule has 0 N–H and O–H groups in total. The molecule has 7 heteroatoms. The van der Waals surface area contributed by atoms with Gasteiger partial charge >= 0.3 is 7.32 Å². The highest BCUT2D eigenvalue weighted by Crippen LogP contribution is 2.36. The van der Waals surface area contributed by atoms with Gasteiger partial charge in [0.15, 0.2) is 0 Å². The molecule has 4 nitrogen and oxygen atoms in total. The molecule has 0 aliphatic heterocycles. The molecule has 220 valence electrons. The van der Waals surface area contributed by atoms with Crippen molar-refractivity contribution in [3.8, 4) is 11.5 Å². The highest BCUT2D eigenvalue weighted by Gasteiger charge is 2.36. The smallest absolute Gasteiger partial charge is 0.501 e. The Hall–Kier alpha value is -2.12. The minimum atomic E-state index is -1.12. The Morgan fingerprint density at radius 1 is 0.821 bits per heavy atom. The van der Waals surface area contributed by atoms with Gasteiger partial charge < -0.3 is 25.4 Å². The van der Waals surface area contributed by atoms with Gasteiger partial charge in [0.1, 0.15) is 29.2 Å². The van der Waals surface area contributed by atoms with Gasteiger partial charge in [-0.1, -0.05) is 64.5 Å². The average molecular weight is 548 g/mol. The third-order valence-electron chi connectivity index (χ3n) is 7.50. The quantitative estimate of drug-likeness (QED) is 0.0806. The van der Waals surface area contributed by atoms with Gasteiger partial charge in [-0.15, -0.1) is 0 Å². The van der Waals surface area contributed by atoms with E-state index in [1.807, 2.05) is 6.92 Å². The summed E-state index contributed by atoms with van der Waals surface area (Å²) < 4.78 is 47.4. The predicted octanol–water partition coefficient (Wildman–Crippen LogP) is 9.34. The lowest BCUT2D eigenvalue weighted by Gasteiger charge is -2.42. The van der Waals surface area contributed by atoms with Gasteiger partial charge in [0.05, 0.1) is 25.2 Å². The highest BCUT2D eigenvalue weighted by molar-refractivity contribution is 6.38. The van der Waals surface area contributed by atoms with Crippen molar-refractivity contribution in [2.75, 3.05) is 26.2 Å². The van der Waals surface area contributed by atoms with Crippen LogP contribution in [-0.2, 0) is 4.65 Å². The van der Waals surface area contributed by atoms with Gasteiger partial charge in [-0.25, -0.2) is 8.78 Å². The van der Waals surface area contributed by atoms with E-state index in [9.17, 15) is 4.39 Å². The summed E-state index contributed by atoms with van der Waals surface area (Å²) in [4.78, 5) is 0. The lowest BCUT2D eigenvalue weighted by molar-refractivity contribution is -0.950. The van der Waals surface area contributed by atoms with E-state index >= 15 is 4.39 Å². The molecule has 0 amide bonds. The fourth-order valence-corrected chi connectivity index (χ4v) is 4.77. The van der Waals surface area contributed by atoms with Gasteiger partial charge in [-0.05, 0) is 58.4 Å². The Labute approximate surface area is 237 Å². The molecular weight excluding hydrogens is 495 g/mol. The molecule has 2 aromatic rings. The third-order valence-corrected chi connectivity index (χ3v) is 7.50. The summed E-state index contributed by atoms with van der Waals surface area (Å²) in [6.45, 7) is 19.5. The zero-order valence-electron chi connectivity index (χ0n) is 25.3. The normalized spacial score (nSPS) is 11.9. The van der Waals surface area contributed by atoms with E-state index in [0.29, 0.717) is 23.7 Å². The number of rotatable bonds is 18. The van der Waals surface area contributed by atoms with E-state index in [-0.39, 0.29) is 11.9 Å². The Balaban J connectivity index is 0.00000113. The lowest BCUT2D eigenvalue weighted by atomic mass is 10.0. The summed E-state index contributed by atoms with van der Waals surface area (Å²) in [5, 5.41) is 0. The molecule has 0 aromatic heterocycles. The fourth-order valence-electron chi connectivity index (χ4n) is 4.77. The minimum Gasteiger partial charge on any atom is -0.501 e. The van der Waals surface area contributed by atoms with Gasteiger partial charge in [0.25, 0.3) is 0 Å². The zero-order valence-corrected chi connectivity index (χ0v) is 25.3. The molecule has 1 atom stereocenters. The number of unbranched alkanes of at least 4 members (excludes halogenated alkanes) is 6. The van der Waals surface area contributed by atoms with Crippen LogP contribution in [0.5, 0.6) is 11.5 Å². The van der Waals surface area contributed by atoms with Crippen LogP contribution in [0, 0.1) is 18.6 Å². The largest absolute Gasteiger partial charge is 0.788 e. The van der Waals surface area contributed by atoms with Crippen LogP contribution in [0.15, 0.2) is 42.5 Å². The highest BCUT2D eigenvalue weighted by atomic mass is 19.1. The molecule has 0 bridgehead atoms. The molecule has 39 heavy (non-hydrogen) atoms. The Morgan fingerprint density at radius 3 is 2.03 bits per heavy atom. The van der Waals surface area contributed by atoms with E-state index in [0.717, 1.165) is 56.2 Å². The molecular formula is C32H52BF2NO3. The van der Waals surface area contributed by atoms with Crippen molar-refractivity contribution in [1.29, 1.82) is 0 Å². The molecule has 0 fully saturated rings. The maximum absolute atomic E-state index is 15.1. The van der Waals surface area contributed by atoms with Gasteiger partial charge in [0.2, 0.25) is 0 Å². The Bertz CT molecular complexity index is 898. The number of quaternary nitrogens is 1. The van der Waals surface area contributed by atoms with Gasteiger partial charge in [0, 0.05) is 12.7 Å². The molecule has 2 aromatic carbocycles. The lowest BCUT2D eigenvalue weighted by Crippen LogP contribution is -2.49. The molecule has 1 unspecified atom stereocenters. The van der Waals surface area contributed by atoms with Crippen molar-refractivity contribution in [1.82, 2.24) is 0 Å². The standard InChI is InChI=1S/C26H39BF2NO3.C6H13/c1-6-10-11-12-19-31-27(32-23-16-13-15-22(28)20-23)33-25-18-14-17-24(29)26(25)21(5)30(7-2,8-3)9-4;1-3-5-6-4-2/h13-18,20-21H,6-12,19H2,1-5H3;1,3-6H2,2H3/q+1;-1. The van der Waals surface area contributed by atoms with Crippen molar-refractivity contribution in [2.45, 2.75) is 99.0 Å². The molecule has 0 heterocycles. The molecule has 0 saturated carbocycles. The van der Waals surface area contributed by atoms with Crippen molar-refractivity contribution >= 4 is 7.32 Å². The summed E-state index contributed by atoms with van der Waals surface area (Å²) in [7, 11) is -1.12. The first kappa shape index (κ1) is 34.9. The van der Waals surface area contributed by atoms with Crippen LogP contribution in [0.4, 0.5) is 8.78 Å². The molecule has 0 radical (unpaired) electrons. The van der Waals surface area contributed by atoms with E-state index in [4.69, 9.17) is 14.0 Å². The third kappa shape index (κ3) is 11.9. The molecule has 0 saturated heterocycles. The molecule has 0 spiro atoms. The summed E-state index contributed by atoms with van der Waals surface area (Å²) >= 11 is 0. The van der Waals surface area contributed by atoms with E-state index in [2.05, 4.69) is 41.5 Å². The van der Waals surface area contributed by atoms with Gasteiger partial charge in [-0.3, -0.25) is 0 Å². The Kier molecular flexibility index (Phi) is 17.8. The number of nitrogens with zero attached hydrogens (tertiary/aromatic N) is 1. The van der Waals surface area contributed by atoms with Crippen LogP contribution in [0.2, 0.25) is 0 Å². The topological polar surface area (TPSA) is 27.7 Å². The average Bonchev–Trinajstić information content (AvgIpc) is 2.93. The van der Waals surface area contributed by atoms with Crippen LogP contribution < -0.4 is 9.31 Å². The summed E-state index contributed by atoms with van der Waals surface area (Å²) in [5.74, 6) is -0.0499. The maximum Gasteiger partial charge on any atom is 0.788 e. The van der Waals surface area contributed by atoms with E-state index in [1.165, 1.54) is 37.5 Å². The fraction of sp³-hybridized carbons (Fsp3) is 0.594. The first-order valence-electron chi connectivity index (χ1n) is 15.0. The predicted molar refractivity (Wildman–Crippen MR) is 160 cm³/mol. The molecule has 0 aliphatic rings. The van der Waals surface area contributed by atoms with Crippen LogP contribution in [0.25, 0.3) is 0 Å². The van der Waals surface area contributed by atoms with E-state index in [1.54, 1.807) is 24.3 Å². The second-order valence-corrected chi connectivity index (χ2v) is 9.97. The van der Waals surface area contributed by atoms with Crippen molar-refractivity contribution in [3.05, 3.63) is 66.6 Å². The van der Waals surface area contributed by atoms with Crippen LogP contribution in [-0.4, -0.2) is 38.0 Å². The summed E-state index contributed by atoms with van der Waals surface area (Å²) in [5.41, 5.74) is 0.505. The van der Waals surface area contributed by atoms with E-state index < -0.39 is 13.1 Å². The van der Waals surface area contributed by atoms with Crippen LogP contribution >= 0.6 is 0 Å². The molecule has 0 aliphatic carbocycles. The monoisotopic (exact) mass is 547 g/mol. The zero-order chi connectivity index (χ0) is 29.1. The van der Waals surface area contributed by atoms with Crippen LogP contribution in [0.3, 0.4) is 0 Å². The first-order chi connectivity index (χ1) is 18.8. The second kappa shape index (κ2) is 19.9. The summed E-state index contributed by atoms with van der Waals surface area (Å²) in [6.07, 6.45) is 9.21. The van der Waals surface area contributed by atoms with Crippen molar-refractivity contribution < 1.29 is 27.2 Å². The SMILES string of the molecule is CCCCCCOB(Oc1cccc(F)c1)Oc1cccc(F)c1C(C)[N+](CC)(CC)CC.[CH2-]CCCCC. The maximum atomic E-state index is 15.1. The van der Waals surface area contributed by atoms with Gasteiger partial charge in [-0.2, -0.15) is 6.42 Å². The number of halogens is 2. The number of hydrogen-bond acceptors (Lipinski definition) is 3. The minimum absolute atomic E-state index is 0.124. The van der Waals surface area contributed by atoms with Crippen molar-refractivity contribution in [3.63, 3.8) is 0 Å².